The van der Waals surface area contributed by atoms with Gasteiger partial charge in [0.25, 0.3) is 0 Å². The van der Waals surface area contributed by atoms with Crippen molar-refractivity contribution in [1.82, 2.24) is 0 Å². The predicted molar refractivity (Wildman–Crippen MR) is 119 cm³/mol. The van der Waals surface area contributed by atoms with Gasteiger partial charge in [0.15, 0.2) is 12.4 Å². The van der Waals surface area contributed by atoms with Crippen LogP contribution in [0.2, 0.25) is 10.0 Å². The summed E-state index contributed by atoms with van der Waals surface area (Å²) in [6.07, 6.45) is 1.56. The van der Waals surface area contributed by atoms with Gasteiger partial charge in [0.2, 0.25) is 0 Å². The number of anilines is 1. The van der Waals surface area contributed by atoms with Gasteiger partial charge in [0.1, 0.15) is 0 Å². The van der Waals surface area contributed by atoms with Crippen LogP contribution < -0.4 is 4.90 Å². The summed E-state index contributed by atoms with van der Waals surface area (Å²) in [6, 6.07) is 13.1. The third-order valence-electron chi connectivity index (χ3n) is 4.85. The summed E-state index contributed by atoms with van der Waals surface area (Å²) in [7, 11) is 1.93. The van der Waals surface area contributed by atoms with E-state index < -0.39 is 5.97 Å². The molecule has 4 nitrogen and oxygen atoms in total. The van der Waals surface area contributed by atoms with Gasteiger partial charge in [0, 0.05) is 39.8 Å². The van der Waals surface area contributed by atoms with Gasteiger partial charge in [-0.2, -0.15) is 0 Å². The SMILES string of the molecule is CN1C(=CC(=O)COC(=O)CSc2cc(Cl)ccc2Cl)C(C)(C)c2ccccc21. The van der Waals surface area contributed by atoms with E-state index in [0.29, 0.717) is 14.9 Å². The number of carbonyl (C=O) groups excluding carboxylic acids is 2. The maximum atomic E-state index is 12.4. The lowest BCUT2D eigenvalue weighted by molar-refractivity contribution is -0.144. The van der Waals surface area contributed by atoms with Gasteiger partial charge < -0.3 is 9.64 Å². The quantitative estimate of drug-likeness (QED) is 0.330. The van der Waals surface area contributed by atoms with Crippen molar-refractivity contribution in [1.29, 1.82) is 0 Å². The number of halogens is 2. The first-order valence-corrected chi connectivity index (χ1v) is 10.8. The highest BCUT2D eigenvalue weighted by molar-refractivity contribution is 8.00. The Labute approximate surface area is 184 Å². The molecule has 3 rings (SSSR count). The zero-order valence-electron chi connectivity index (χ0n) is 16.4. The lowest BCUT2D eigenvalue weighted by Gasteiger charge is -2.23. The number of thioether (sulfide) groups is 1. The number of hydrogen-bond acceptors (Lipinski definition) is 5. The molecule has 0 saturated carbocycles. The predicted octanol–water partition coefficient (Wildman–Crippen LogP) is 5.51. The van der Waals surface area contributed by atoms with Crippen LogP contribution in [0, 0.1) is 0 Å². The molecule has 0 atom stereocenters. The van der Waals surface area contributed by atoms with E-state index in [1.165, 1.54) is 11.8 Å². The van der Waals surface area contributed by atoms with Crippen molar-refractivity contribution in [2.24, 2.45) is 0 Å². The Morgan fingerprint density at radius 2 is 1.90 bits per heavy atom. The van der Waals surface area contributed by atoms with E-state index >= 15 is 0 Å². The van der Waals surface area contributed by atoms with E-state index in [4.69, 9.17) is 27.9 Å². The van der Waals surface area contributed by atoms with Crippen LogP contribution in [0.15, 0.2) is 59.1 Å². The lowest BCUT2D eigenvalue weighted by Crippen LogP contribution is -2.25. The average molecular weight is 450 g/mol. The second kappa shape index (κ2) is 8.82. The van der Waals surface area contributed by atoms with E-state index in [9.17, 15) is 9.59 Å². The average Bonchev–Trinajstić information content (AvgIpc) is 2.88. The highest BCUT2D eigenvalue weighted by atomic mass is 35.5. The first-order valence-electron chi connectivity index (χ1n) is 9.02. The summed E-state index contributed by atoms with van der Waals surface area (Å²) in [5.41, 5.74) is 2.81. The fourth-order valence-corrected chi connectivity index (χ4v) is 4.66. The van der Waals surface area contributed by atoms with Crippen molar-refractivity contribution in [2.45, 2.75) is 24.2 Å². The number of carbonyl (C=O) groups is 2. The summed E-state index contributed by atoms with van der Waals surface area (Å²) < 4.78 is 5.14. The van der Waals surface area contributed by atoms with E-state index in [0.717, 1.165) is 16.9 Å². The van der Waals surface area contributed by atoms with E-state index in [1.54, 1.807) is 24.3 Å². The van der Waals surface area contributed by atoms with Crippen LogP contribution in [0.25, 0.3) is 0 Å². The first kappa shape index (κ1) is 21.8. The molecule has 0 spiro atoms. The molecule has 29 heavy (non-hydrogen) atoms. The zero-order valence-corrected chi connectivity index (χ0v) is 18.7. The molecule has 0 aliphatic carbocycles. The molecule has 1 aliphatic rings. The molecule has 0 fully saturated rings. The highest BCUT2D eigenvalue weighted by Crippen LogP contribution is 2.46. The van der Waals surface area contributed by atoms with Crippen molar-refractivity contribution >= 4 is 52.4 Å². The lowest BCUT2D eigenvalue weighted by atomic mass is 9.83. The maximum Gasteiger partial charge on any atom is 0.316 e. The minimum absolute atomic E-state index is 0.0424. The van der Waals surface area contributed by atoms with Crippen molar-refractivity contribution in [3.05, 3.63) is 69.8 Å². The fraction of sp³-hybridized carbons (Fsp3) is 0.273. The Kier molecular flexibility index (Phi) is 6.62. The van der Waals surface area contributed by atoms with Crippen molar-refractivity contribution in [3.8, 4) is 0 Å². The van der Waals surface area contributed by atoms with Crippen LogP contribution in [-0.4, -0.2) is 31.2 Å². The van der Waals surface area contributed by atoms with Gasteiger partial charge in [-0.1, -0.05) is 55.2 Å². The van der Waals surface area contributed by atoms with Gasteiger partial charge in [0.05, 0.1) is 10.8 Å². The normalized spacial score (nSPS) is 16.0. The molecule has 0 aromatic heterocycles. The Balaban J connectivity index is 1.58. The van der Waals surface area contributed by atoms with Crippen molar-refractivity contribution < 1.29 is 14.3 Å². The number of benzene rings is 2. The minimum Gasteiger partial charge on any atom is -0.457 e. The van der Waals surface area contributed by atoms with Gasteiger partial charge >= 0.3 is 5.97 Å². The van der Waals surface area contributed by atoms with E-state index in [2.05, 4.69) is 19.9 Å². The monoisotopic (exact) mass is 449 g/mol. The second-order valence-corrected chi connectivity index (χ2v) is 9.08. The van der Waals surface area contributed by atoms with Crippen molar-refractivity contribution in [2.75, 3.05) is 24.3 Å². The molecule has 0 unspecified atom stereocenters. The number of nitrogens with zero attached hydrogens (tertiary/aromatic N) is 1. The zero-order chi connectivity index (χ0) is 21.2. The van der Waals surface area contributed by atoms with Gasteiger partial charge in [-0.3, -0.25) is 9.59 Å². The number of allylic oxidation sites excluding steroid dienone is 1. The number of likely N-dealkylation sites (N-methyl/N-ethyl adjacent to an activating group) is 1. The van der Waals surface area contributed by atoms with Crippen LogP contribution in [0.3, 0.4) is 0 Å². The van der Waals surface area contributed by atoms with Gasteiger partial charge in [-0.05, 0) is 29.8 Å². The number of hydrogen-bond donors (Lipinski definition) is 0. The van der Waals surface area contributed by atoms with Gasteiger partial charge in [-0.25, -0.2) is 0 Å². The Hall–Kier alpha value is -1.95. The number of ketones is 1. The van der Waals surface area contributed by atoms with Crippen LogP contribution in [-0.2, 0) is 19.7 Å². The smallest absolute Gasteiger partial charge is 0.316 e. The number of para-hydroxylation sites is 1. The summed E-state index contributed by atoms with van der Waals surface area (Å²) in [6.45, 7) is 3.85. The molecule has 0 N–H and O–H groups in total. The Morgan fingerprint density at radius 1 is 1.17 bits per heavy atom. The molecule has 0 radical (unpaired) electrons. The van der Waals surface area contributed by atoms with Crippen LogP contribution in [0.4, 0.5) is 5.69 Å². The van der Waals surface area contributed by atoms with Crippen LogP contribution in [0.5, 0.6) is 0 Å². The molecular formula is C22H21Cl2NO3S. The van der Waals surface area contributed by atoms with Crippen LogP contribution >= 0.6 is 35.0 Å². The standard InChI is InChI=1S/C22H21Cl2NO3S/c1-22(2)16-6-4-5-7-18(16)25(3)20(22)11-15(26)12-28-21(27)13-29-19-10-14(23)8-9-17(19)24/h4-11H,12-13H2,1-3H3. The molecule has 0 saturated heterocycles. The number of ether oxygens (including phenoxy) is 1. The number of esters is 1. The summed E-state index contributed by atoms with van der Waals surface area (Å²) in [5.74, 6) is -0.701. The van der Waals surface area contributed by atoms with Gasteiger partial charge in [-0.15, -0.1) is 11.8 Å². The van der Waals surface area contributed by atoms with Crippen LogP contribution in [0.1, 0.15) is 19.4 Å². The molecule has 0 bridgehead atoms. The molecule has 1 heterocycles. The molecular weight excluding hydrogens is 429 g/mol. The molecule has 0 amide bonds. The Morgan fingerprint density at radius 3 is 2.62 bits per heavy atom. The summed E-state index contributed by atoms with van der Waals surface area (Å²) in [4.78, 5) is 27.2. The second-order valence-electron chi connectivity index (χ2n) is 7.22. The van der Waals surface area contributed by atoms with E-state index in [-0.39, 0.29) is 23.6 Å². The first-order chi connectivity index (χ1) is 13.7. The Bertz CT molecular complexity index is 988. The van der Waals surface area contributed by atoms with E-state index in [1.807, 2.05) is 30.1 Å². The summed E-state index contributed by atoms with van der Waals surface area (Å²) in [5, 5.41) is 1.05. The largest absolute Gasteiger partial charge is 0.457 e. The molecule has 7 heteroatoms. The minimum atomic E-state index is -0.486. The maximum absolute atomic E-state index is 12.4. The number of fused-ring (bicyclic) bond motifs is 1. The topological polar surface area (TPSA) is 46.6 Å². The third kappa shape index (κ3) is 4.80. The molecule has 2 aromatic rings. The molecule has 1 aliphatic heterocycles. The van der Waals surface area contributed by atoms with Crippen molar-refractivity contribution in [3.63, 3.8) is 0 Å². The third-order valence-corrected chi connectivity index (χ3v) is 6.56. The number of rotatable bonds is 6. The summed E-state index contributed by atoms with van der Waals surface area (Å²) >= 11 is 13.2. The molecule has 152 valence electrons. The molecule has 2 aromatic carbocycles. The fourth-order valence-electron chi connectivity index (χ4n) is 3.37. The highest BCUT2D eigenvalue weighted by Gasteiger charge is 2.38.